The zero-order chi connectivity index (χ0) is 20.8. The van der Waals surface area contributed by atoms with Crippen molar-refractivity contribution in [3.8, 4) is 17.3 Å². The summed E-state index contributed by atoms with van der Waals surface area (Å²) in [5.74, 6) is 0.818. The molecule has 2 amide bonds. The van der Waals surface area contributed by atoms with Crippen LogP contribution in [0, 0.1) is 0 Å². The Labute approximate surface area is 170 Å². The number of carbonyl (C=O) groups is 2. The molecule has 2 heterocycles. The van der Waals surface area contributed by atoms with Crippen LogP contribution in [0.15, 0.2) is 34.1 Å². The van der Waals surface area contributed by atoms with Crippen LogP contribution in [0.5, 0.6) is 5.75 Å². The Morgan fingerprint density at radius 1 is 1.24 bits per heavy atom. The van der Waals surface area contributed by atoms with Crippen LogP contribution in [-0.4, -0.2) is 49.8 Å². The van der Waals surface area contributed by atoms with Gasteiger partial charge in [0.05, 0.1) is 12.9 Å². The van der Waals surface area contributed by atoms with E-state index in [1.165, 1.54) is 18.7 Å². The fraction of sp³-hybridized carbons (Fsp3) is 0.294. The standard InChI is InChI=1S/C17H19N7O4S/c1-4-24-16(14-15(18-10(2)25)23-28-22-14)20-21-17(24)29-9-13(26)19-11-6-5-7-12(8-11)27-3/h5-8H,4,9H2,1-3H3,(H,19,26)(H,18,23,25). The van der Waals surface area contributed by atoms with Gasteiger partial charge in [0, 0.05) is 25.2 Å². The van der Waals surface area contributed by atoms with Gasteiger partial charge in [-0.2, -0.15) is 0 Å². The van der Waals surface area contributed by atoms with Gasteiger partial charge < -0.3 is 19.9 Å². The quantitative estimate of drug-likeness (QED) is 0.527. The summed E-state index contributed by atoms with van der Waals surface area (Å²) < 4.78 is 11.6. The van der Waals surface area contributed by atoms with E-state index in [2.05, 4.69) is 31.1 Å². The van der Waals surface area contributed by atoms with Crippen molar-refractivity contribution in [1.82, 2.24) is 25.1 Å². The third-order valence-electron chi connectivity index (χ3n) is 3.71. The molecular weight excluding hydrogens is 398 g/mol. The molecule has 1 aromatic carbocycles. The number of ether oxygens (including phenoxy) is 1. The van der Waals surface area contributed by atoms with Crippen LogP contribution in [0.4, 0.5) is 11.5 Å². The molecule has 0 aliphatic carbocycles. The lowest BCUT2D eigenvalue weighted by Gasteiger charge is -2.08. The van der Waals surface area contributed by atoms with Crippen LogP contribution in [0.2, 0.25) is 0 Å². The van der Waals surface area contributed by atoms with E-state index in [0.29, 0.717) is 29.0 Å². The molecular formula is C17H19N7O4S. The maximum atomic E-state index is 12.3. The number of anilines is 2. The van der Waals surface area contributed by atoms with Crippen molar-refractivity contribution in [1.29, 1.82) is 0 Å². The van der Waals surface area contributed by atoms with Crippen molar-refractivity contribution in [3.63, 3.8) is 0 Å². The lowest BCUT2D eigenvalue weighted by atomic mass is 10.3. The molecule has 0 atom stereocenters. The summed E-state index contributed by atoms with van der Waals surface area (Å²) in [5.41, 5.74) is 0.906. The van der Waals surface area contributed by atoms with E-state index >= 15 is 0 Å². The highest BCUT2D eigenvalue weighted by molar-refractivity contribution is 7.99. The van der Waals surface area contributed by atoms with Crippen molar-refractivity contribution in [2.75, 3.05) is 23.5 Å². The SMILES string of the molecule is CCn1c(SCC(=O)Nc2cccc(OC)c2)nnc1-c1nonc1NC(C)=O. The van der Waals surface area contributed by atoms with E-state index in [1.807, 2.05) is 6.92 Å². The minimum atomic E-state index is -0.312. The Balaban J connectivity index is 1.70. The van der Waals surface area contributed by atoms with Gasteiger partial charge in [-0.1, -0.05) is 17.8 Å². The van der Waals surface area contributed by atoms with Crippen molar-refractivity contribution in [2.24, 2.45) is 0 Å². The fourth-order valence-electron chi connectivity index (χ4n) is 2.47. The van der Waals surface area contributed by atoms with Crippen molar-refractivity contribution in [3.05, 3.63) is 24.3 Å². The highest BCUT2D eigenvalue weighted by Gasteiger charge is 2.22. The molecule has 0 unspecified atom stereocenters. The lowest BCUT2D eigenvalue weighted by molar-refractivity contribution is -0.114. The van der Waals surface area contributed by atoms with Crippen molar-refractivity contribution in [2.45, 2.75) is 25.5 Å². The fourth-order valence-corrected chi connectivity index (χ4v) is 3.27. The molecule has 29 heavy (non-hydrogen) atoms. The molecule has 3 rings (SSSR count). The summed E-state index contributed by atoms with van der Waals surface area (Å²) in [5, 5.41) is 21.6. The predicted octanol–water partition coefficient (Wildman–Crippen LogP) is 2.05. The van der Waals surface area contributed by atoms with E-state index in [-0.39, 0.29) is 29.1 Å². The number of benzene rings is 1. The molecule has 3 aromatic rings. The molecule has 0 bridgehead atoms. The third kappa shape index (κ3) is 4.90. The Morgan fingerprint density at radius 3 is 2.79 bits per heavy atom. The maximum absolute atomic E-state index is 12.3. The number of methoxy groups -OCH3 is 1. The summed E-state index contributed by atoms with van der Waals surface area (Å²) in [4.78, 5) is 23.6. The molecule has 12 heteroatoms. The Hall–Kier alpha value is -3.41. The van der Waals surface area contributed by atoms with Crippen molar-refractivity contribution >= 4 is 35.1 Å². The van der Waals surface area contributed by atoms with Gasteiger partial charge in [-0.15, -0.1) is 10.2 Å². The predicted molar refractivity (Wildman–Crippen MR) is 106 cm³/mol. The highest BCUT2D eigenvalue weighted by Crippen LogP contribution is 2.27. The average Bonchev–Trinajstić information content (AvgIpc) is 3.31. The second-order valence-electron chi connectivity index (χ2n) is 5.76. The van der Waals surface area contributed by atoms with E-state index in [4.69, 9.17) is 9.37 Å². The van der Waals surface area contributed by atoms with Gasteiger partial charge in [0.15, 0.2) is 16.7 Å². The topological polar surface area (TPSA) is 137 Å². The molecule has 0 aliphatic heterocycles. The molecule has 152 valence electrons. The van der Waals surface area contributed by atoms with E-state index in [9.17, 15) is 9.59 Å². The number of rotatable bonds is 8. The molecule has 0 fully saturated rings. The zero-order valence-corrected chi connectivity index (χ0v) is 16.8. The number of aromatic nitrogens is 5. The van der Waals surface area contributed by atoms with Crippen LogP contribution in [0.3, 0.4) is 0 Å². The first-order valence-corrected chi connectivity index (χ1v) is 9.60. The van der Waals surface area contributed by atoms with Gasteiger partial charge in [0.25, 0.3) is 0 Å². The smallest absolute Gasteiger partial charge is 0.234 e. The lowest BCUT2D eigenvalue weighted by Crippen LogP contribution is -2.14. The van der Waals surface area contributed by atoms with Crippen LogP contribution in [0.1, 0.15) is 13.8 Å². The van der Waals surface area contributed by atoms with Crippen molar-refractivity contribution < 1.29 is 19.0 Å². The summed E-state index contributed by atoms with van der Waals surface area (Å²) in [7, 11) is 1.56. The number of nitrogens with one attached hydrogen (secondary N) is 2. The Bertz CT molecular complexity index is 1020. The number of hydrogen-bond acceptors (Lipinski definition) is 9. The maximum Gasteiger partial charge on any atom is 0.234 e. The Morgan fingerprint density at radius 2 is 2.07 bits per heavy atom. The number of amides is 2. The van der Waals surface area contributed by atoms with Crippen LogP contribution in [0.25, 0.3) is 11.5 Å². The largest absolute Gasteiger partial charge is 0.497 e. The normalized spacial score (nSPS) is 10.6. The summed E-state index contributed by atoms with van der Waals surface area (Å²) in [6.07, 6.45) is 0. The summed E-state index contributed by atoms with van der Waals surface area (Å²) in [6.45, 7) is 3.78. The van der Waals surface area contributed by atoms with Crippen LogP contribution < -0.4 is 15.4 Å². The highest BCUT2D eigenvalue weighted by atomic mass is 32.2. The van der Waals surface area contributed by atoms with Gasteiger partial charge in [-0.3, -0.25) is 9.59 Å². The van der Waals surface area contributed by atoms with E-state index < -0.39 is 0 Å². The summed E-state index contributed by atoms with van der Waals surface area (Å²) >= 11 is 1.23. The summed E-state index contributed by atoms with van der Waals surface area (Å²) in [6, 6.07) is 7.10. The molecule has 0 radical (unpaired) electrons. The number of hydrogen-bond donors (Lipinski definition) is 2. The molecule has 0 saturated heterocycles. The first-order valence-electron chi connectivity index (χ1n) is 8.62. The second-order valence-corrected chi connectivity index (χ2v) is 6.70. The molecule has 0 saturated carbocycles. The van der Waals surface area contributed by atoms with Gasteiger partial charge in [-0.25, -0.2) is 4.63 Å². The second kappa shape index (κ2) is 9.19. The van der Waals surface area contributed by atoms with Gasteiger partial charge in [0.2, 0.25) is 17.6 Å². The molecule has 2 aromatic heterocycles. The minimum absolute atomic E-state index is 0.130. The molecule has 0 spiro atoms. The first-order chi connectivity index (χ1) is 14.0. The van der Waals surface area contributed by atoms with E-state index in [0.717, 1.165) is 0 Å². The monoisotopic (exact) mass is 417 g/mol. The number of carbonyl (C=O) groups excluding carboxylic acids is 2. The number of nitrogens with zero attached hydrogens (tertiary/aromatic N) is 5. The molecule has 2 N–H and O–H groups in total. The van der Waals surface area contributed by atoms with Gasteiger partial charge >= 0.3 is 0 Å². The minimum Gasteiger partial charge on any atom is -0.497 e. The Kier molecular flexibility index (Phi) is 6.44. The number of thioether (sulfide) groups is 1. The zero-order valence-electron chi connectivity index (χ0n) is 16.0. The molecule has 0 aliphatic rings. The van der Waals surface area contributed by atoms with Crippen LogP contribution in [-0.2, 0) is 16.1 Å². The first kappa shape index (κ1) is 20.3. The third-order valence-corrected chi connectivity index (χ3v) is 4.68. The average molecular weight is 417 g/mol. The molecule has 11 nitrogen and oxygen atoms in total. The van der Waals surface area contributed by atoms with Gasteiger partial charge in [-0.05, 0) is 29.4 Å². The van der Waals surface area contributed by atoms with Crippen LogP contribution >= 0.6 is 11.8 Å². The van der Waals surface area contributed by atoms with Gasteiger partial charge in [0.1, 0.15) is 5.75 Å². The van der Waals surface area contributed by atoms with E-state index in [1.54, 1.807) is 35.9 Å².